The largest absolute Gasteiger partial charge is 0.497 e. The monoisotopic (exact) mass is 385 g/mol. The summed E-state index contributed by atoms with van der Waals surface area (Å²) in [4.78, 5) is 25.5. The van der Waals surface area contributed by atoms with Crippen LogP contribution >= 0.6 is 0 Å². The summed E-state index contributed by atoms with van der Waals surface area (Å²) in [5.74, 6) is 1.97. The van der Waals surface area contributed by atoms with Gasteiger partial charge in [-0.15, -0.1) is 0 Å². The number of nitrogens with one attached hydrogen (secondary N) is 1. The maximum atomic E-state index is 12.2. The van der Waals surface area contributed by atoms with Crippen molar-refractivity contribution in [1.29, 1.82) is 0 Å². The lowest BCUT2D eigenvalue weighted by atomic mass is 10.3. The molecule has 8 heteroatoms. The Morgan fingerprint density at radius 1 is 1.07 bits per heavy atom. The molecule has 2 aromatic rings. The van der Waals surface area contributed by atoms with Crippen molar-refractivity contribution in [2.45, 2.75) is 6.92 Å². The molecule has 1 aromatic carbocycles. The van der Waals surface area contributed by atoms with Crippen LogP contribution in [0.5, 0.6) is 11.5 Å². The van der Waals surface area contributed by atoms with Gasteiger partial charge in [-0.25, -0.2) is 9.97 Å². The first kappa shape index (κ1) is 19.9. The highest BCUT2D eigenvalue weighted by atomic mass is 16.5. The topological polar surface area (TPSA) is 79.8 Å². The Morgan fingerprint density at radius 3 is 2.32 bits per heavy atom. The van der Waals surface area contributed by atoms with E-state index < -0.39 is 0 Å². The number of amides is 1. The van der Waals surface area contributed by atoms with Gasteiger partial charge in [-0.05, 0) is 30.8 Å². The number of nitrogens with zero attached hydrogens (tertiary/aromatic N) is 4. The smallest absolute Gasteiger partial charge is 0.254 e. The van der Waals surface area contributed by atoms with Crippen LogP contribution in [-0.4, -0.2) is 73.8 Å². The first-order valence-corrected chi connectivity index (χ1v) is 9.54. The summed E-state index contributed by atoms with van der Waals surface area (Å²) in [7, 11) is 1.62. The zero-order valence-corrected chi connectivity index (χ0v) is 16.4. The fraction of sp³-hybridized carbons (Fsp3) is 0.450. The van der Waals surface area contributed by atoms with Crippen LogP contribution in [-0.2, 0) is 0 Å². The van der Waals surface area contributed by atoms with Gasteiger partial charge in [0, 0.05) is 38.6 Å². The predicted octanol–water partition coefficient (Wildman–Crippen LogP) is 1.44. The average Bonchev–Trinajstić information content (AvgIpc) is 2.77. The lowest BCUT2D eigenvalue weighted by molar-refractivity contribution is 0.0946. The highest BCUT2D eigenvalue weighted by Gasteiger charge is 2.18. The molecule has 3 rings (SSSR count). The second kappa shape index (κ2) is 9.89. The summed E-state index contributed by atoms with van der Waals surface area (Å²) >= 11 is 0. The maximum Gasteiger partial charge on any atom is 0.254 e. The highest BCUT2D eigenvalue weighted by Crippen LogP contribution is 2.16. The van der Waals surface area contributed by atoms with Crippen LogP contribution in [0.3, 0.4) is 0 Å². The van der Waals surface area contributed by atoms with E-state index in [0.717, 1.165) is 44.2 Å². The number of anilines is 1. The van der Waals surface area contributed by atoms with Crippen molar-refractivity contribution in [1.82, 2.24) is 20.2 Å². The van der Waals surface area contributed by atoms with E-state index in [1.54, 1.807) is 19.5 Å². The second-order valence-electron chi connectivity index (χ2n) is 6.47. The van der Waals surface area contributed by atoms with E-state index in [1.165, 1.54) is 0 Å². The molecule has 0 bridgehead atoms. The number of benzene rings is 1. The lowest BCUT2D eigenvalue weighted by Gasteiger charge is -2.33. The zero-order chi connectivity index (χ0) is 19.8. The van der Waals surface area contributed by atoms with Crippen LogP contribution in [0, 0.1) is 0 Å². The molecule has 28 heavy (non-hydrogen) atoms. The maximum absolute atomic E-state index is 12.2. The molecule has 1 fully saturated rings. The molecular formula is C20H27N5O3. The molecule has 0 spiro atoms. The van der Waals surface area contributed by atoms with Gasteiger partial charge in [-0.1, -0.05) is 6.92 Å². The molecule has 1 amide bonds. The predicted molar refractivity (Wildman–Crippen MR) is 107 cm³/mol. The molecule has 0 unspecified atom stereocenters. The van der Waals surface area contributed by atoms with Gasteiger partial charge in [0.25, 0.3) is 5.91 Å². The number of piperazine rings is 1. The van der Waals surface area contributed by atoms with Crippen molar-refractivity contribution in [3.8, 4) is 11.5 Å². The van der Waals surface area contributed by atoms with Gasteiger partial charge in [0.15, 0.2) is 0 Å². The summed E-state index contributed by atoms with van der Waals surface area (Å²) in [6.45, 7) is 7.83. The van der Waals surface area contributed by atoms with Crippen molar-refractivity contribution >= 4 is 11.9 Å². The number of aromatic nitrogens is 2. The first-order valence-electron chi connectivity index (χ1n) is 9.54. The van der Waals surface area contributed by atoms with Crippen LogP contribution in [0.25, 0.3) is 0 Å². The number of hydrogen-bond donors (Lipinski definition) is 1. The van der Waals surface area contributed by atoms with E-state index in [2.05, 4.69) is 32.0 Å². The molecule has 1 saturated heterocycles. The van der Waals surface area contributed by atoms with Gasteiger partial charge < -0.3 is 24.6 Å². The third-order valence-corrected chi connectivity index (χ3v) is 4.72. The standard InChI is InChI=1S/C20H27N5O3/c1-3-24-9-11-25(12-10-24)20-22-14-16(15-23-20)19(26)21-8-13-28-18-6-4-17(27-2)5-7-18/h4-7,14-15H,3,8-13H2,1-2H3,(H,21,26). The Labute approximate surface area is 165 Å². The van der Waals surface area contributed by atoms with Crippen LogP contribution in [0.4, 0.5) is 5.95 Å². The molecule has 150 valence electrons. The minimum Gasteiger partial charge on any atom is -0.497 e. The van der Waals surface area contributed by atoms with Gasteiger partial charge in [0.2, 0.25) is 5.95 Å². The van der Waals surface area contributed by atoms with Crippen LogP contribution in [0.15, 0.2) is 36.7 Å². The number of methoxy groups -OCH3 is 1. The molecule has 0 radical (unpaired) electrons. The molecule has 0 atom stereocenters. The lowest BCUT2D eigenvalue weighted by Crippen LogP contribution is -2.46. The van der Waals surface area contributed by atoms with Crippen LogP contribution in [0.1, 0.15) is 17.3 Å². The first-order chi connectivity index (χ1) is 13.7. The zero-order valence-electron chi connectivity index (χ0n) is 16.4. The number of carbonyl (C=O) groups is 1. The molecule has 1 N–H and O–H groups in total. The second-order valence-corrected chi connectivity index (χ2v) is 6.47. The van der Waals surface area contributed by atoms with E-state index in [0.29, 0.717) is 24.7 Å². The third-order valence-electron chi connectivity index (χ3n) is 4.72. The summed E-state index contributed by atoms with van der Waals surface area (Å²) in [6.07, 6.45) is 3.16. The summed E-state index contributed by atoms with van der Waals surface area (Å²) in [5.41, 5.74) is 0.445. The van der Waals surface area contributed by atoms with Crippen molar-refractivity contribution in [3.63, 3.8) is 0 Å². The summed E-state index contributed by atoms with van der Waals surface area (Å²) < 4.78 is 10.7. The van der Waals surface area contributed by atoms with Gasteiger partial charge in [0.05, 0.1) is 19.2 Å². The Morgan fingerprint density at radius 2 is 1.71 bits per heavy atom. The molecule has 1 aromatic heterocycles. The summed E-state index contributed by atoms with van der Waals surface area (Å²) in [6, 6.07) is 7.31. The van der Waals surface area contributed by atoms with Crippen molar-refractivity contribution in [2.24, 2.45) is 0 Å². The highest BCUT2D eigenvalue weighted by molar-refractivity contribution is 5.93. The van der Waals surface area contributed by atoms with E-state index in [4.69, 9.17) is 9.47 Å². The third kappa shape index (κ3) is 5.32. The number of carbonyl (C=O) groups excluding carboxylic acids is 1. The van der Waals surface area contributed by atoms with E-state index in [9.17, 15) is 4.79 Å². The molecule has 8 nitrogen and oxygen atoms in total. The molecule has 1 aliphatic rings. The van der Waals surface area contributed by atoms with Crippen molar-refractivity contribution in [2.75, 3.05) is 57.9 Å². The van der Waals surface area contributed by atoms with Crippen LogP contribution in [0.2, 0.25) is 0 Å². The molecule has 2 heterocycles. The van der Waals surface area contributed by atoms with Gasteiger partial charge >= 0.3 is 0 Å². The number of likely N-dealkylation sites (N-methyl/N-ethyl adjacent to an activating group) is 1. The van der Waals surface area contributed by atoms with Gasteiger partial charge in [-0.2, -0.15) is 0 Å². The Hall–Kier alpha value is -2.87. The van der Waals surface area contributed by atoms with Gasteiger partial charge in [0.1, 0.15) is 18.1 Å². The fourth-order valence-corrected chi connectivity index (χ4v) is 2.97. The number of rotatable bonds is 8. The average molecular weight is 385 g/mol. The quantitative estimate of drug-likeness (QED) is 0.689. The number of hydrogen-bond acceptors (Lipinski definition) is 7. The summed E-state index contributed by atoms with van der Waals surface area (Å²) in [5, 5.41) is 2.82. The molecule has 1 aliphatic heterocycles. The van der Waals surface area contributed by atoms with E-state index in [-0.39, 0.29) is 5.91 Å². The Kier molecular flexibility index (Phi) is 7.02. The molecular weight excluding hydrogens is 358 g/mol. The Balaban J connectivity index is 1.41. The van der Waals surface area contributed by atoms with Gasteiger partial charge in [-0.3, -0.25) is 4.79 Å². The minimum atomic E-state index is -0.208. The van der Waals surface area contributed by atoms with E-state index >= 15 is 0 Å². The van der Waals surface area contributed by atoms with E-state index in [1.807, 2.05) is 24.3 Å². The van der Waals surface area contributed by atoms with Crippen molar-refractivity contribution < 1.29 is 14.3 Å². The fourth-order valence-electron chi connectivity index (χ4n) is 2.97. The molecule has 0 saturated carbocycles. The normalized spacial score (nSPS) is 14.6. The Bertz CT molecular complexity index is 743. The molecule has 0 aliphatic carbocycles. The van der Waals surface area contributed by atoms with Crippen LogP contribution < -0.4 is 19.7 Å². The SMILES string of the molecule is CCN1CCN(c2ncc(C(=O)NCCOc3ccc(OC)cc3)cn2)CC1. The van der Waals surface area contributed by atoms with Crippen molar-refractivity contribution in [3.05, 3.63) is 42.2 Å². The minimum absolute atomic E-state index is 0.208. The number of ether oxygens (including phenoxy) is 2.